The van der Waals surface area contributed by atoms with Crippen LogP contribution in [0.3, 0.4) is 0 Å². The third kappa shape index (κ3) is 8.53. The van der Waals surface area contributed by atoms with Crippen molar-refractivity contribution in [1.82, 2.24) is 29.1 Å². The summed E-state index contributed by atoms with van der Waals surface area (Å²) < 4.78 is 57.5. The first-order chi connectivity index (χ1) is 28.5. The summed E-state index contributed by atoms with van der Waals surface area (Å²) in [6, 6.07) is 24.7. The highest BCUT2D eigenvalue weighted by Gasteiger charge is 2.51. The molecule has 18 heteroatoms. The van der Waals surface area contributed by atoms with Crippen LogP contribution in [0.5, 0.6) is 5.75 Å². The Bertz CT molecular complexity index is 2710. The summed E-state index contributed by atoms with van der Waals surface area (Å²) in [6.07, 6.45) is 1.77. The van der Waals surface area contributed by atoms with Gasteiger partial charge in [-0.15, -0.1) is 6.58 Å². The summed E-state index contributed by atoms with van der Waals surface area (Å²) in [5, 5.41) is 11.3. The number of carbonyl (C=O) groups is 4. The molecule has 7 rings (SSSR count). The zero-order valence-electron chi connectivity index (χ0n) is 32.8. The first-order valence-electron chi connectivity index (χ1n) is 18.9. The Labute approximate surface area is 347 Å². The number of nitrogens with two attached hydrogens (primary N) is 1. The molecule has 2 aliphatic heterocycles. The van der Waals surface area contributed by atoms with Crippen LogP contribution in [-0.4, -0.2) is 96.1 Å². The molecule has 4 amide bonds. The van der Waals surface area contributed by atoms with E-state index in [-0.39, 0.29) is 66.7 Å². The predicted octanol–water partition coefficient (Wildman–Crippen LogP) is 3.71. The summed E-state index contributed by atoms with van der Waals surface area (Å²) in [6.45, 7) is 6.72. The Morgan fingerprint density at radius 3 is 2.27 bits per heavy atom. The molecule has 1 aromatic heterocycles. The first kappa shape index (κ1) is 41.8. The molecule has 0 spiro atoms. The molecule has 0 aliphatic carbocycles. The largest absolute Gasteiger partial charge is 0.380 e. The number of ketones is 1. The maximum Gasteiger partial charge on any atom is 0.380 e. The van der Waals surface area contributed by atoms with E-state index < -0.39 is 50.4 Å². The molecule has 2 atom stereocenters. The number of aryl methyl sites for hydroxylation is 1. The van der Waals surface area contributed by atoms with E-state index in [2.05, 4.69) is 11.9 Å². The number of nitrogens with one attached hydrogen (secondary N) is 1. The van der Waals surface area contributed by atoms with Gasteiger partial charge in [-0.2, -0.15) is 13.6 Å². The third-order valence-corrected chi connectivity index (χ3v) is 12.5. The molecule has 0 saturated carbocycles. The molecule has 312 valence electrons. The lowest BCUT2D eigenvalue weighted by Gasteiger charge is -2.55. The number of benzene rings is 4. The number of rotatable bonds is 13. The molecular weight excluding hydrogens is 811 g/mol. The van der Waals surface area contributed by atoms with Crippen molar-refractivity contribution in [2.45, 2.75) is 50.5 Å². The smallest absolute Gasteiger partial charge is 0.371 e. The first-order valence-corrected chi connectivity index (χ1v) is 21.8. The Morgan fingerprint density at radius 2 is 1.62 bits per heavy atom. The van der Waals surface area contributed by atoms with Gasteiger partial charge in [-0.25, -0.2) is 27.2 Å². The van der Waals surface area contributed by atoms with Crippen LogP contribution in [0.2, 0.25) is 0 Å². The van der Waals surface area contributed by atoms with E-state index in [1.165, 1.54) is 64.3 Å². The van der Waals surface area contributed by atoms with Crippen molar-refractivity contribution in [1.29, 1.82) is 0 Å². The number of hydrogen-bond acceptors (Lipinski definition) is 10. The summed E-state index contributed by atoms with van der Waals surface area (Å²) in [4.78, 5) is 59.1. The summed E-state index contributed by atoms with van der Waals surface area (Å²) in [7, 11) is -8.56. The van der Waals surface area contributed by atoms with E-state index in [1.807, 2.05) is 37.3 Å². The Kier molecular flexibility index (Phi) is 11.7. The number of piperazine rings is 1. The van der Waals surface area contributed by atoms with E-state index in [9.17, 15) is 36.0 Å². The highest BCUT2D eigenvalue weighted by molar-refractivity contribution is 7.90. The van der Waals surface area contributed by atoms with Gasteiger partial charge in [-0.05, 0) is 54.8 Å². The molecule has 4 aromatic carbocycles. The van der Waals surface area contributed by atoms with Gasteiger partial charge in [0.15, 0.2) is 5.78 Å². The number of carbonyl (C=O) groups excluding carboxylic acids is 4. The number of fused-ring (bicyclic) bond motifs is 2. The van der Waals surface area contributed by atoms with E-state index >= 15 is 0 Å². The molecule has 3 heterocycles. The molecule has 2 saturated heterocycles. The highest BCUT2D eigenvalue weighted by atomic mass is 32.2. The van der Waals surface area contributed by atoms with Crippen LogP contribution in [-0.2, 0) is 49.4 Å². The normalized spacial score (nSPS) is 17.4. The number of hydrogen-bond donors (Lipinski definition) is 2. The van der Waals surface area contributed by atoms with Crippen molar-refractivity contribution < 1.29 is 40.2 Å². The highest BCUT2D eigenvalue weighted by Crippen LogP contribution is 2.34. The van der Waals surface area contributed by atoms with Crippen molar-refractivity contribution in [3.63, 3.8) is 0 Å². The second kappa shape index (κ2) is 16.7. The van der Waals surface area contributed by atoms with Gasteiger partial charge < -0.3 is 19.3 Å². The van der Waals surface area contributed by atoms with Gasteiger partial charge in [-0.1, -0.05) is 84.4 Å². The van der Waals surface area contributed by atoms with Crippen molar-refractivity contribution >= 4 is 54.9 Å². The Morgan fingerprint density at radius 1 is 0.917 bits per heavy atom. The van der Waals surface area contributed by atoms with Crippen LogP contribution < -0.4 is 14.6 Å². The molecule has 60 heavy (non-hydrogen) atoms. The van der Waals surface area contributed by atoms with Crippen molar-refractivity contribution in [3.8, 4) is 5.75 Å². The molecule has 3 N–H and O–H groups in total. The zero-order valence-corrected chi connectivity index (χ0v) is 34.4. The standard InChI is InChI=1S/C42H43N7O9S2/c1-4-21-46-27-39(51)48-37(22-30-15-17-33(18-16-30)58-60(43,56)57)41(52)45(26-38(48)49(46)42(53)44-23-31-9-6-5-7-10-31)24-32-11-8-12-35-36(29(3)50)25-47(40(32)35)59(54,55)34-19-13-28(2)14-20-34/h4-20,25,37-38H,1,21-24,26-27H2,2-3H3,(H,44,53)(H2,43,56,57)/t37-,38-/m0/s1. The lowest BCUT2D eigenvalue weighted by molar-refractivity contribution is -0.189. The van der Waals surface area contributed by atoms with Gasteiger partial charge in [0.1, 0.15) is 18.0 Å². The number of aromatic nitrogens is 1. The van der Waals surface area contributed by atoms with Gasteiger partial charge in [0, 0.05) is 43.2 Å². The van der Waals surface area contributed by atoms with Crippen LogP contribution in [0.4, 0.5) is 4.79 Å². The minimum absolute atomic E-state index is 0.000301. The molecule has 0 unspecified atom stereocenters. The van der Waals surface area contributed by atoms with Crippen LogP contribution in [0, 0.1) is 6.92 Å². The molecule has 0 radical (unpaired) electrons. The minimum Gasteiger partial charge on any atom is -0.371 e. The molecule has 2 aliphatic rings. The van der Waals surface area contributed by atoms with Gasteiger partial charge in [0.25, 0.3) is 10.0 Å². The summed E-state index contributed by atoms with van der Waals surface area (Å²) in [5.41, 5.74) is 2.99. The SMILES string of the molecule is C=CCN1CC(=O)N2[C@@H](Cc3ccc(OS(N)(=O)=O)cc3)C(=O)N(Cc3cccc4c(C(C)=O)cn(S(=O)(=O)c5ccc(C)cc5)c34)C[C@@H]2N1C(=O)NCc1ccccc1. The van der Waals surface area contributed by atoms with E-state index in [0.717, 1.165) is 15.1 Å². The van der Waals surface area contributed by atoms with Crippen molar-refractivity contribution in [2.24, 2.45) is 5.14 Å². The van der Waals surface area contributed by atoms with Crippen molar-refractivity contribution in [2.75, 3.05) is 19.6 Å². The fourth-order valence-corrected chi connectivity index (χ4v) is 9.47. The van der Waals surface area contributed by atoms with Crippen molar-refractivity contribution in [3.05, 3.63) is 144 Å². The second-order valence-corrected chi connectivity index (χ2v) is 17.6. The van der Waals surface area contributed by atoms with Crippen LogP contribution in [0.25, 0.3) is 10.9 Å². The number of para-hydroxylation sites is 1. The number of amides is 4. The topological polar surface area (TPSA) is 202 Å². The van der Waals surface area contributed by atoms with Crippen LogP contribution >= 0.6 is 0 Å². The lowest BCUT2D eigenvalue weighted by Crippen LogP contribution is -2.76. The van der Waals surface area contributed by atoms with Gasteiger partial charge in [-0.3, -0.25) is 14.4 Å². The minimum atomic E-state index is -4.31. The maximum absolute atomic E-state index is 14.9. The molecule has 5 aromatic rings. The lowest BCUT2D eigenvalue weighted by atomic mass is 9.98. The van der Waals surface area contributed by atoms with Gasteiger partial charge in [0.05, 0.1) is 23.5 Å². The average Bonchev–Trinajstić information content (AvgIpc) is 3.62. The Balaban J connectivity index is 1.32. The maximum atomic E-state index is 14.9. The van der Waals surface area contributed by atoms with Crippen LogP contribution in [0.1, 0.15) is 39.5 Å². The number of Topliss-reactive ketones (excluding diaryl/α,β-unsaturated/α-hetero) is 1. The van der Waals surface area contributed by atoms with Crippen LogP contribution in [0.15, 0.2) is 121 Å². The second-order valence-electron chi connectivity index (χ2n) is 14.6. The van der Waals surface area contributed by atoms with Gasteiger partial charge >= 0.3 is 16.3 Å². The molecular formula is C42H43N7O9S2. The fourth-order valence-electron chi connectivity index (χ4n) is 7.68. The zero-order chi connectivity index (χ0) is 42.9. The summed E-state index contributed by atoms with van der Waals surface area (Å²) >= 11 is 0. The third-order valence-electron chi connectivity index (χ3n) is 10.4. The Hall–Kier alpha value is -6.34. The van der Waals surface area contributed by atoms with Gasteiger partial charge in [0.2, 0.25) is 11.8 Å². The van der Waals surface area contributed by atoms with E-state index in [0.29, 0.717) is 16.5 Å². The van der Waals surface area contributed by atoms with E-state index in [4.69, 9.17) is 9.32 Å². The molecule has 2 fully saturated rings. The van der Waals surface area contributed by atoms with E-state index in [1.54, 1.807) is 41.4 Å². The quantitative estimate of drug-likeness (QED) is 0.130. The number of urea groups is 1. The molecule has 0 bridgehead atoms. The monoisotopic (exact) mass is 853 g/mol. The summed E-state index contributed by atoms with van der Waals surface area (Å²) in [5.74, 6) is -1.34. The fraction of sp³-hybridized carbons (Fsp3) is 0.238. The molecule has 16 nitrogen and oxygen atoms in total. The number of hydrazine groups is 1. The average molecular weight is 854 g/mol. The number of nitrogens with zero attached hydrogens (tertiary/aromatic N) is 5. The predicted molar refractivity (Wildman–Crippen MR) is 222 cm³/mol.